The highest BCUT2D eigenvalue weighted by Crippen LogP contribution is 2.38. The Kier molecular flexibility index (Phi) is 9.14. The number of ether oxygens (including phenoxy) is 2. The maximum Gasteiger partial charge on any atom is 0.339 e. The van der Waals surface area contributed by atoms with Crippen LogP contribution in [0.25, 0.3) is 6.08 Å². The van der Waals surface area contributed by atoms with Gasteiger partial charge in [0.2, 0.25) is 0 Å². The van der Waals surface area contributed by atoms with Crippen LogP contribution in [0.15, 0.2) is 64.4 Å². The van der Waals surface area contributed by atoms with Crippen molar-refractivity contribution in [3.05, 3.63) is 84.8 Å². The van der Waals surface area contributed by atoms with Gasteiger partial charge >= 0.3 is 10.1 Å². The molecular formula is C27H23ClINO7S2. The molecule has 39 heavy (non-hydrogen) atoms. The Morgan fingerprint density at radius 2 is 1.74 bits per heavy atom. The highest BCUT2D eigenvalue weighted by atomic mass is 127. The summed E-state index contributed by atoms with van der Waals surface area (Å²) in [5, 5.41) is -0.00438. The summed E-state index contributed by atoms with van der Waals surface area (Å²) in [7, 11) is -2.78. The molecule has 1 fully saturated rings. The van der Waals surface area contributed by atoms with Crippen LogP contribution in [-0.4, -0.2) is 44.7 Å². The molecule has 0 spiro atoms. The molecule has 0 atom stereocenters. The fraction of sp³-hybridized carbons (Fsp3) is 0.185. The average molecular weight is 700 g/mol. The van der Waals surface area contributed by atoms with E-state index in [1.165, 1.54) is 37.4 Å². The summed E-state index contributed by atoms with van der Waals surface area (Å²) >= 11 is 8.60. The molecule has 3 aromatic rings. The van der Waals surface area contributed by atoms with E-state index < -0.39 is 21.3 Å². The maximum absolute atomic E-state index is 13.0. The van der Waals surface area contributed by atoms with E-state index in [2.05, 4.69) is 0 Å². The first kappa shape index (κ1) is 29.2. The first-order valence-corrected chi connectivity index (χ1v) is 15.2. The van der Waals surface area contributed by atoms with E-state index in [0.717, 1.165) is 27.8 Å². The third kappa shape index (κ3) is 6.89. The van der Waals surface area contributed by atoms with Crippen LogP contribution >= 0.6 is 46.0 Å². The number of carbonyl (C=O) groups excluding carboxylic acids is 2. The summed E-state index contributed by atoms with van der Waals surface area (Å²) in [6, 6.07) is 14.6. The van der Waals surface area contributed by atoms with Gasteiger partial charge in [-0.2, -0.15) is 8.42 Å². The van der Waals surface area contributed by atoms with Crippen LogP contribution in [0.1, 0.15) is 16.7 Å². The molecule has 2 amide bonds. The lowest BCUT2D eigenvalue weighted by molar-refractivity contribution is -0.123. The molecule has 1 saturated heterocycles. The summed E-state index contributed by atoms with van der Waals surface area (Å²) < 4.78 is 42.6. The van der Waals surface area contributed by atoms with Crippen molar-refractivity contribution in [3.8, 4) is 17.2 Å². The normalized spacial score (nSPS) is 14.7. The first-order chi connectivity index (χ1) is 18.5. The molecule has 4 rings (SSSR count). The number of carbonyl (C=O) groups is 2. The van der Waals surface area contributed by atoms with Gasteiger partial charge in [0.25, 0.3) is 11.1 Å². The average Bonchev–Trinajstić information content (AvgIpc) is 3.15. The third-order valence-electron chi connectivity index (χ3n) is 5.63. The lowest BCUT2D eigenvalue weighted by Gasteiger charge is -2.15. The fourth-order valence-electron chi connectivity index (χ4n) is 3.62. The summed E-state index contributed by atoms with van der Waals surface area (Å²) in [5.74, 6) is 0.419. The number of hydrogen-bond donors (Lipinski definition) is 0. The lowest BCUT2D eigenvalue weighted by atomic mass is 10.1. The van der Waals surface area contributed by atoms with Crippen molar-refractivity contribution in [3.63, 3.8) is 0 Å². The number of halogens is 2. The first-order valence-electron chi connectivity index (χ1n) is 11.5. The molecule has 0 aromatic heterocycles. The summed E-state index contributed by atoms with van der Waals surface area (Å²) in [6.07, 6.45) is 1.55. The zero-order chi connectivity index (χ0) is 28.3. The SMILES string of the molecule is COc1cc(/C=C2\SC(=O)N(CCOc3cc(C)ccc3C)C2=O)cc(I)c1OS(=O)(=O)c1ccc(Cl)cc1. The van der Waals surface area contributed by atoms with Gasteiger partial charge in [0.05, 0.1) is 22.1 Å². The zero-order valence-electron chi connectivity index (χ0n) is 21.1. The van der Waals surface area contributed by atoms with Crippen molar-refractivity contribution in [2.24, 2.45) is 0 Å². The van der Waals surface area contributed by atoms with E-state index in [4.69, 9.17) is 25.3 Å². The molecule has 1 aliphatic rings. The second-order valence-electron chi connectivity index (χ2n) is 8.48. The van der Waals surface area contributed by atoms with E-state index >= 15 is 0 Å². The van der Waals surface area contributed by atoms with Crippen LogP contribution < -0.4 is 13.7 Å². The maximum atomic E-state index is 13.0. The van der Waals surface area contributed by atoms with Gasteiger partial charge < -0.3 is 13.7 Å². The van der Waals surface area contributed by atoms with Crippen molar-refractivity contribution in [2.45, 2.75) is 18.7 Å². The number of hydrogen-bond acceptors (Lipinski definition) is 8. The molecule has 0 saturated carbocycles. The minimum Gasteiger partial charge on any atom is -0.493 e. The minimum atomic E-state index is -4.16. The Bertz CT molecular complexity index is 1570. The lowest BCUT2D eigenvalue weighted by Crippen LogP contribution is -2.32. The molecule has 8 nitrogen and oxygen atoms in total. The molecule has 0 aliphatic carbocycles. The van der Waals surface area contributed by atoms with Crippen LogP contribution in [0.3, 0.4) is 0 Å². The second-order valence-corrected chi connectivity index (χ2v) is 12.6. The Labute approximate surface area is 249 Å². The Morgan fingerprint density at radius 3 is 2.44 bits per heavy atom. The Balaban J connectivity index is 1.50. The summed E-state index contributed by atoms with van der Waals surface area (Å²) in [4.78, 5) is 26.8. The summed E-state index contributed by atoms with van der Waals surface area (Å²) in [6.45, 7) is 4.15. The van der Waals surface area contributed by atoms with Gasteiger partial charge in [-0.1, -0.05) is 23.7 Å². The predicted octanol–water partition coefficient (Wildman–Crippen LogP) is 6.45. The number of thioether (sulfide) groups is 1. The highest BCUT2D eigenvalue weighted by Gasteiger charge is 2.35. The number of nitrogens with zero attached hydrogens (tertiary/aromatic N) is 1. The minimum absolute atomic E-state index is 0.00175. The number of benzene rings is 3. The van der Waals surface area contributed by atoms with E-state index in [9.17, 15) is 18.0 Å². The molecule has 204 valence electrons. The van der Waals surface area contributed by atoms with E-state index in [-0.39, 0.29) is 34.5 Å². The van der Waals surface area contributed by atoms with Crippen molar-refractivity contribution in [1.82, 2.24) is 4.90 Å². The van der Waals surface area contributed by atoms with Gasteiger partial charge in [-0.3, -0.25) is 14.5 Å². The van der Waals surface area contributed by atoms with E-state index in [0.29, 0.717) is 19.9 Å². The van der Waals surface area contributed by atoms with Crippen LogP contribution in [0.2, 0.25) is 5.02 Å². The smallest absolute Gasteiger partial charge is 0.339 e. The Hall–Kier alpha value is -2.74. The number of imide groups is 1. The third-order valence-corrected chi connectivity index (χ3v) is 8.83. The largest absolute Gasteiger partial charge is 0.493 e. The van der Waals surface area contributed by atoms with E-state index in [1.807, 2.05) is 54.6 Å². The standard InChI is InChI=1S/C27H23ClINO7S2/c1-16-4-5-17(2)22(12-16)36-11-10-30-26(31)24(38-27(30)32)15-18-13-21(29)25(23(14-18)35-3)37-39(33,34)20-8-6-19(28)7-9-20/h4-9,12-15H,10-11H2,1-3H3/b24-15-. The fourth-order valence-corrected chi connectivity index (χ4v) is 6.45. The molecular weight excluding hydrogens is 677 g/mol. The summed E-state index contributed by atoms with van der Waals surface area (Å²) in [5.41, 5.74) is 2.55. The quantitative estimate of drug-likeness (QED) is 0.143. The van der Waals surface area contributed by atoms with Crippen LogP contribution in [-0.2, 0) is 14.9 Å². The van der Waals surface area contributed by atoms with Crippen molar-refractivity contribution < 1.29 is 31.7 Å². The second kappa shape index (κ2) is 12.2. The van der Waals surface area contributed by atoms with Gasteiger partial charge in [0.1, 0.15) is 17.3 Å². The van der Waals surface area contributed by atoms with Gasteiger partial charge in [0, 0.05) is 5.02 Å². The van der Waals surface area contributed by atoms with Gasteiger partial charge in [-0.25, -0.2) is 0 Å². The molecule has 1 heterocycles. The van der Waals surface area contributed by atoms with Gasteiger partial charge in [-0.05, 0) is 113 Å². The molecule has 0 unspecified atom stereocenters. The van der Waals surface area contributed by atoms with Crippen LogP contribution in [0.4, 0.5) is 4.79 Å². The molecule has 0 bridgehead atoms. The number of aryl methyl sites for hydroxylation is 2. The molecule has 12 heteroatoms. The monoisotopic (exact) mass is 699 g/mol. The van der Waals surface area contributed by atoms with Gasteiger partial charge in [0.15, 0.2) is 11.5 Å². The molecule has 0 N–H and O–H groups in total. The number of methoxy groups -OCH3 is 1. The molecule has 1 aliphatic heterocycles. The van der Waals surface area contributed by atoms with Crippen molar-refractivity contribution in [1.29, 1.82) is 0 Å². The van der Waals surface area contributed by atoms with E-state index in [1.54, 1.807) is 12.1 Å². The highest BCUT2D eigenvalue weighted by molar-refractivity contribution is 14.1. The number of rotatable bonds is 9. The van der Waals surface area contributed by atoms with Crippen molar-refractivity contribution >= 4 is 73.3 Å². The van der Waals surface area contributed by atoms with Crippen LogP contribution in [0, 0.1) is 17.4 Å². The van der Waals surface area contributed by atoms with Crippen molar-refractivity contribution in [2.75, 3.05) is 20.3 Å². The van der Waals surface area contributed by atoms with Gasteiger partial charge in [-0.15, -0.1) is 0 Å². The Morgan fingerprint density at radius 1 is 1.03 bits per heavy atom. The number of amides is 2. The molecule has 3 aromatic carbocycles. The topological polar surface area (TPSA) is 99.2 Å². The zero-order valence-corrected chi connectivity index (χ0v) is 25.6. The molecule has 0 radical (unpaired) electrons. The van der Waals surface area contributed by atoms with Crippen LogP contribution in [0.5, 0.6) is 17.2 Å². The predicted molar refractivity (Wildman–Crippen MR) is 159 cm³/mol.